The van der Waals surface area contributed by atoms with Gasteiger partial charge in [0.25, 0.3) is 0 Å². The zero-order chi connectivity index (χ0) is 13.6. The van der Waals surface area contributed by atoms with E-state index in [4.69, 9.17) is 10.5 Å². The molecule has 4 aliphatic rings. The van der Waals surface area contributed by atoms with Gasteiger partial charge in [0.15, 0.2) is 0 Å². The van der Waals surface area contributed by atoms with Gasteiger partial charge in [-0.25, -0.2) is 0 Å². The van der Waals surface area contributed by atoms with Crippen molar-refractivity contribution in [3.8, 4) is 0 Å². The zero-order valence-electron chi connectivity index (χ0n) is 12.9. The van der Waals surface area contributed by atoms with Gasteiger partial charge in [0.1, 0.15) is 0 Å². The predicted molar refractivity (Wildman–Crippen MR) is 78.8 cm³/mol. The molecule has 2 heteroatoms. The van der Waals surface area contributed by atoms with Crippen LogP contribution in [0.1, 0.15) is 59.3 Å². The number of nitrogens with two attached hydrogens (primary N) is 1. The molecule has 0 saturated heterocycles. The highest BCUT2D eigenvalue weighted by molar-refractivity contribution is 5.05. The van der Waals surface area contributed by atoms with Crippen molar-refractivity contribution in [3.63, 3.8) is 0 Å². The molecule has 0 aromatic carbocycles. The molecular weight excluding hydrogens is 234 g/mol. The van der Waals surface area contributed by atoms with E-state index in [-0.39, 0.29) is 6.04 Å². The van der Waals surface area contributed by atoms with E-state index in [1.54, 1.807) is 0 Å². The Morgan fingerprint density at radius 2 is 1.47 bits per heavy atom. The van der Waals surface area contributed by atoms with Gasteiger partial charge in [0.05, 0.1) is 12.7 Å². The normalized spacial score (nSPS) is 43.7. The van der Waals surface area contributed by atoms with Gasteiger partial charge in [-0.15, -0.1) is 0 Å². The number of ether oxygens (including phenoxy) is 1. The first-order chi connectivity index (χ1) is 8.98. The molecule has 0 aliphatic heterocycles. The molecule has 0 aromatic heterocycles. The van der Waals surface area contributed by atoms with Gasteiger partial charge in [-0.1, -0.05) is 13.8 Å². The molecule has 2 atom stereocenters. The lowest BCUT2D eigenvalue weighted by molar-refractivity contribution is -0.0891. The van der Waals surface area contributed by atoms with E-state index < -0.39 is 0 Å². The van der Waals surface area contributed by atoms with Crippen LogP contribution in [0.25, 0.3) is 0 Å². The first-order valence-electron chi connectivity index (χ1n) is 8.35. The van der Waals surface area contributed by atoms with E-state index >= 15 is 0 Å². The molecule has 4 aliphatic carbocycles. The van der Waals surface area contributed by atoms with Crippen LogP contribution in [0.2, 0.25) is 0 Å². The highest BCUT2D eigenvalue weighted by atomic mass is 16.5. The SMILES string of the molecule is CC(C)C(C)OCC(N)C12CC3CC(CC(C3)C1)C2. The van der Waals surface area contributed by atoms with Crippen molar-refractivity contribution in [2.24, 2.45) is 34.8 Å². The van der Waals surface area contributed by atoms with Crippen LogP contribution in [0.15, 0.2) is 0 Å². The van der Waals surface area contributed by atoms with Crippen molar-refractivity contribution < 1.29 is 4.74 Å². The molecule has 2 nitrogen and oxygen atoms in total. The molecule has 0 radical (unpaired) electrons. The van der Waals surface area contributed by atoms with Crippen molar-refractivity contribution in [1.82, 2.24) is 0 Å². The minimum absolute atomic E-state index is 0.266. The van der Waals surface area contributed by atoms with Crippen LogP contribution in [0, 0.1) is 29.1 Å². The van der Waals surface area contributed by atoms with Crippen LogP contribution >= 0.6 is 0 Å². The Kier molecular flexibility index (Phi) is 3.68. The molecule has 0 amide bonds. The molecule has 110 valence electrons. The standard InChI is InChI=1S/C17H31NO/c1-11(2)12(3)19-10-16(18)17-7-13-4-14(8-17)6-15(5-13)9-17/h11-16H,4-10,18H2,1-3H3. The highest BCUT2D eigenvalue weighted by Gasteiger charge is 2.53. The molecule has 2 N–H and O–H groups in total. The lowest BCUT2D eigenvalue weighted by atomic mass is 9.48. The highest BCUT2D eigenvalue weighted by Crippen LogP contribution is 2.60. The van der Waals surface area contributed by atoms with Gasteiger partial charge < -0.3 is 10.5 Å². The van der Waals surface area contributed by atoms with Gasteiger partial charge in [0.2, 0.25) is 0 Å². The lowest BCUT2D eigenvalue weighted by Crippen LogP contribution is -2.56. The summed E-state index contributed by atoms with van der Waals surface area (Å²) < 4.78 is 6.03. The second-order valence-corrected chi connectivity index (χ2v) is 8.17. The quantitative estimate of drug-likeness (QED) is 0.824. The number of rotatable bonds is 5. The van der Waals surface area contributed by atoms with E-state index in [1.165, 1.54) is 38.5 Å². The maximum atomic E-state index is 6.60. The molecule has 0 spiro atoms. The van der Waals surface area contributed by atoms with Gasteiger partial charge >= 0.3 is 0 Å². The Labute approximate surface area is 118 Å². The fourth-order valence-corrected chi connectivity index (χ4v) is 5.26. The van der Waals surface area contributed by atoms with Crippen LogP contribution in [0.3, 0.4) is 0 Å². The van der Waals surface area contributed by atoms with Crippen molar-refractivity contribution in [2.45, 2.75) is 71.4 Å². The van der Waals surface area contributed by atoms with Crippen LogP contribution < -0.4 is 5.73 Å². The zero-order valence-corrected chi connectivity index (χ0v) is 12.9. The molecule has 2 unspecified atom stereocenters. The fraction of sp³-hybridized carbons (Fsp3) is 1.00. The van der Waals surface area contributed by atoms with Crippen molar-refractivity contribution >= 4 is 0 Å². The van der Waals surface area contributed by atoms with Crippen LogP contribution in [-0.4, -0.2) is 18.8 Å². The molecule has 4 rings (SSSR count). The molecular formula is C17H31NO. The minimum Gasteiger partial charge on any atom is -0.377 e. The summed E-state index contributed by atoms with van der Waals surface area (Å²) in [5.74, 6) is 3.54. The third kappa shape index (κ3) is 2.58. The first kappa shape index (κ1) is 13.9. The predicted octanol–water partition coefficient (Wildman–Crippen LogP) is 3.59. The smallest absolute Gasteiger partial charge is 0.0626 e. The largest absolute Gasteiger partial charge is 0.377 e. The second kappa shape index (κ2) is 5.04. The van der Waals surface area contributed by atoms with E-state index in [9.17, 15) is 0 Å². The van der Waals surface area contributed by atoms with E-state index in [2.05, 4.69) is 20.8 Å². The fourth-order valence-electron chi connectivity index (χ4n) is 5.26. The van der Waals surface area contributed by atoms with E-state index in [0.717, 1.165) is 24.4 Å². The van der Waals surface area contributed by atoms with Gasteiger partial charge in [-0.2, -0.15) is 0 Å². The van der Waals surface area contributed by atoms with Gasteiger partial charge in [-0.05, 0) is 74.5 Å². The molecule has 4 bridgehead atoms. The third-order valence-corrected chi connectivity index (χ3v) is 6.35. The number of hydrogen-bond donors (Lipinski definition) is 1. The molecule has 19 heavy (non-hydrogen) atoms. The summed E-state index contributed by atoms with van der Waals surface area (Å²) in [5, 5.41) is 0. The summed E-state index contributed by atoms with van der Waals surface area (Å²) in [7, 11) is 0. The minimum atomic E-state index is 0.266. The van der Waals surface area contributed by atoms with E-state index in [1.807, 2.05) is 0 Å². The summed E-state index contributed by atoms with van der Waals surface area (Å²) in [4.78, 5) is 0. The van der Waals surface area contributed by atoms with Crippen LogP contribution in [0.4, 0.5) is 0 Å². The second-order valence-electron chi connectivity index (χ2n) is 8.17. The Balaban J connectivity index is 1.61. The molecule has 4 saturated carbocycles. The van der Waals surface area contributed by atoms with Crippen LogP contribution in [0.5, 0.6) is 0 Å². The average molecular weight is 265 g/mol. The maximum absolute atomic E-state index is 6.60. The topological polar surface area (TPSA) is 35.2 Å². The Bertz CT molecular complexity index is 290. The maximum Gasteiger partial charge on any atom is 0.0626 e. The molecule has 4 fully saturated rings. The van der Waals surface area contributed by atoms with Crippen molar-refractivity contribution in [2.75, 3.05) is 6.61 Å². The van der Waals surface area contributed by atoms with Gasteiger partial charge in [-0.3, -0.25) is 0 Å². The first-order valence-corrected chi connectivity index (χ1v) is 8.35. The number of hydrogen-bond acceptors (Lipinski definition) is 2. The molecule has 0 heterocycles. The third-order valence-electron chi connectivity index (χ3n) is 6.35. The lowest BCUT2D eigenvalue weighted by Gasteiger charge is -2.59. The van der Waals surface area contributed by atoms with E-state index in [0.29, 0.717) is 17.4 Å². The van der Waals surface area contributed by atoms with Crippen molar-refractivity contribution in [3.05, 3.63) is 0 Å². The summed E-state index contributed by atoms with van der Waals surface area (Å²) >= 11 is 0. The summed E-state index contributed by atoms with van der Waals surface area (Å²) in [6, 6.07) is 0.266. The van der Waals surface area contributed by atoms with Crippen molar-refractivity contribution in [1.29, 1.82) is 0 Å². The summed E-state index contributed by atoms with van der Waals surface area (Å²) in [6.07, 6.45) is 8.98. The average Bonchev–Trinajstić information content (AvgIpc) is 2.33. The summed E-state index contributed by atoms with van der Waals surface area (Å²) in [5.41, 5.74) is 7.03. The monoisotopic (exact) mass is 265 g/mol. The van der Waals surface area contributed by atoms with Crippen LogP contribution in [-0.2, 0) is 4.74 Å². The Hall–Kier alpha value is -0.0800. The summed E-state index contributed by atoms with van der Waals surface area (Å²) in [6.45, 7) is 7.39. The molecule has 0 aromatic rings. The Morgan fingerprint density at radius 3 is 1.89 bits per heavy atom. The Morgan fingerprint density at radius 1 is 1.00 bits per heavy atom. The van der Waals surface area contributed by atoms with Gasteiger partial charge in [0, 0.05) is 6.04 Å².